The average molecular weight is 271 g/mol. The molecule has 0 aliphatic heterocycles. The second-order valence-electron chi connectivity index (χ2n) is 3.89. The van der Waals surface area contributed by atoms with Gasteiger partial charge in [-0.1, -0.05) is 0 Å². The van der Waals surface area contributed by atoms with Gasteiger partial charge in [0.05, 0.1) is 0 Å². The number of nitrogens with one attached hydrogen (secondary N) is 1. The second kappa shape index (κ2) is 5.18. The normalized spacial score (nSPS) is 11.0. The van der Waals surface area contributed by atoms with Gasteiger partial charge in [0.2, 0.25) is 11.4 Å². The number of carbonyl (C=O) groups excluding carboxylic acids is 1. The predicted molar refractivity (Wildman–Crippen MR) is 64.6 cm³/mol. The molecule has 0 spiro atoms. The van der Waals surface area contributed by atoms with Crippen LogP contribution in [0.2, 0.25) is 0 Å². The summed E-state index contributed by atoms with van der Waals surface area (Å²) < 4.78 is 0. The van der Waals surface area contributed by atoms with Gasteiger partial charge in [-0.25, -0.2) is 9.59 Å². The number of carboxylic acid groups (broad SMARTS) is 2. The number of aliphatic carboxylic acids is 2. The van der Waals surface area contributed by atoms with Gasteiger partial charge in [-0.3, -0.25) is 4.79 Å². The van der Waals surface area contributed by atoms with Crippen LogP contribution in [0.5, 0.6) is 0 Å². The van der Waals surface area contributed by atoms with Crippen molar-refractivity contribution in [1.82, 2.24) is 5.32 Å². The third-order valence-electron chi connectivity index (χ3n) is 2.36. The van der Waals surface area contributed by atoms with Crippen molar-refractivity contribution >= 4 is 29.2 Å². The molecule has 1 aromatic rings. The van der Waals surface area contributed by atoms with E-state index < -0.39 is 23.4 Å². The number of thiophene rings is 1. The van der Waals surface area contributed by atoms with Crippen molar-refractivity contribution in [3.05, 3.63) is 21.9 Å². The summed E-state index contributed by atoms with van der Waals surface area (Å²) in [5, 5.41) is 20.3. The number of hydrogen-bond donors (Lipinski definition) is 3. The summed E-state index contributed by atoms with van der Waals surface area (Å²) in [6.45, 7) is 2.91. The van der Waals surface area contributed by atoms with E-state index in [1.807, 2.05) is 12.2 Å². The van der Waals surface area contributed by atoms with Gasteiger partial charge < -0.3 is 15.5 Å². The maximum atomic E-state index is 11.2. The Kier molecular flexibility index (Phi) is 4.07. The first-order valence-corrected chi connectivity index (χ1v) is 5.90. The van der Waals surface area contributed by atoms with Gasteiger partial charge in [0.1, 0.15) is 0 Å². The Bertz CT molecular complexity index is 479. The molecule has 0 aromatic carbocycles. The highest BCUT2D eigenvalue weighted by molar-refractivity contribution is 7.11. The van der Waals surface area contributed by atoms with Gasteiger partial charge in [0.25, 0.3) is 0 Å². The van der Waals surface area contributed by atoms with Gasteiger partial charge in [0.15, 0.2) is 0 Å². The zero-order valence-electron chi connectivity index (χ0n) is 9.89. The Morgan fingerprint density at radius 3 is 2.17 bits per heavy atom. The molecule has 7 heteroatoms. The van der Waals surface area contributed by atoms with Crippen LogP contribution in [0.1, 0.15) is 16.7 Å². The van der Waals surface area contributed by atoms with Gasteiger partial charge >= 0.3 is 11.9 Å². The topological polar surface area (TPSA) is 104 Å². The highest BCUT2D eigenvalue weighted by atomic mass is 32.1. The summed E-state index contributed by atoms with van der Waals surface area (Å²) in [7, 11) is 0. The van der Waals surface area contributed by atoms with Crippen LogP contribution in [0.3, 0.4) is 0 Å². The first-order valence-electron chi connectivity index (χ1n) is 5.09. The first-order chi connectivity index (χ1) is 8.28. The fourth-order valence-electron chi connectivity index (χ4n) is 1.54. The van der Waals surface area contributed by atoms with Crippen LogP contribution in [0.4, 0.5) is 0 Å². The molecular weight excluding hydrogens is 258 g/mol. The number of rotatable bonds is 5. The highest BCUT2D eigenvalue weighted by Gasteiger charge is 2.48. The molecule has 0 aliphatic rings. The Morgan fingerprint density at radius 2 is 1.83 bits per heavy atom. The van der Waals surface area contributed by atoms with Crippen LogP contribution in [0, 0.1) is 6.92 Å². The number of amides is 1. The monoisotopic (exact) mass is 271 g/mol. The van der Waals surface area contributed by atoms with Crippen molar-refractivity contribution in [2.45, 2.75) is 25.8 Å². The van der Waals surface area contributed by atoms with Crippen molar-refractivity contribution in [2.24, 2.45) is 0 Å². The fourth-order valence-corrected chi connectivity index (χ4v) is 2.51. The van der Waals surface area contributed by atoms with Crippen LogP contribution in [0.25, 0.3) is 0 Å². The first kappa shape index (κ1) is 14.2. The molecule has 0 atom stereocenters. The van der Waals surface area contributed by atoms with Gasteiger partial charge in [-0.2, -0.15) is 0 Å². The molecule has 0 saturated heterocycles. The zero-order chi connectivity index (χ0) is 13.9. The Morgan fingerprint density at radius 1 is 1.28 bits per heavy atom. The minimum absolute atomic E-state index is 0.282. The molecule has 6 nitrogen and oxygen atoms in total. The van der Waals surface area contributed by atoms with E-state index in [9.17, 15) is 14.4 Å². The fraction of sp³-hybridized carbons (Fsp3) is 0.364. The van der Waals surface area contributed by atoms with E-state index in [1.165, 1.54) is 11.3 Å². The quantitative estimate of drug-likeness (QED) is 0.682. The smallest absolute Gasteiger partial charge is 0.341 e. The SMILES string of the molecule is CC(=O)NC(Cc1ccc(C)s1)(C(=O)O)C(=O)O. The van der Waals surface area contributed by atoms with Crippen molar-refractivity contribution < 1.29 is 24.6 Å². The van der Waals surface area contributed by atoms with E-state index in [0.717, 1.165) is 11.8 Å². The number of aryl methyl sites for hydroxylation is 1. The molecule has 0 fully saturated rings. The minimum atomic E-state index is -2.32. The molecule has 0 unspecified atom stereocenters. The molecule has 0 aliphatic carbocycles. The average Bonchev–Trinajstić information content (AvgIpc) is 2.61. The molecule has 0 bridgehead atoms. The summed E-state index contributed by atoms with van der Waals surface area (Å²) in [6.07, 6.45) is -0.282. The summed E-state index contributed by atoms with van der Waals surface area (Å²) in [5.41, 5.74) is -2.32. The lowest BCUT2D eigenvalue weighted by Crippen LogP contribution is -2.61. The molecule has 0 radical (unpaired) electrons. The Balaban J connectivity index is 3.13. The van der Waals surface area contributed by atoms with Crippen molar-refractivity contribution in [3.63, 3.8) is 0 Å². The van der Waals surface area contributed by atoms with E-state index in [-0.39, 0.29) is 6.42 Å². The standard InChI is InChI=1S/C11H13NO5S/c1-6-3-4-8(18-6)5-11(9(14)15,10(16)17)12-7(2)13/h3-4H,5H2,1-2H3,(H,12,13)(H,14,15)(H,16,17). The number of hydrogen-bond acceptors (Lipinski definition) is 4. The minimum Gasteiger partial charge on any atom is -0.479 e. The van der Waals surface area contributed by atoms with E-state index in [0.29, 0.717) is 4.88 Å². The molecule has 1 amide bonds. The lowest BCUT2D eigenvalue weighted by Gasteiger charge is -2.24. The second-order valence-corrected chi connectivity index (χ2v) is 5.26. The van der Waals surface area contributed by atoms with Crippen LogP contribution >= 0.6 is 11.3 Å². The van der Waals surface area contributed by atoms with Gasteiger partial charge in [-0.15, -0.1) is 11.3 Å². The highest BCUT2D eigenvalue weighted by Crippen LogP contribution is 2.22. The molecule has 98 valence electrons. The van der Waals surface area contributed by atoms with E-state index in [1.54, 1.807) is 12.1 Å². The summed E-state index contributed by atoms with van der Waals surface area (Å²) in [5.74, 6) is -3.87. The molecule has 1 heterocycles. The van der Waals surface area contributed by atoms with Crippen LogP contribution in [-0.2, 0) is 20.8 Å². The van der Waals surface area contributed by atoms with E-state index in [2.05, 4.69) is 0 Å². The summed E-state index contributed by atoms with van der Waals surface area (Å²) >= 11 is 1.30. The Labute approximate surface area is 107 Å². The predicted octanol–water partition coefficient (Wildman–Crippen LogP) is 0.643. The van der Waals surface area contributed by atoms with E-state index >= 15 is 0 Å². The summed E-state index contributed by atoms with van der Waals surface area (Å²) in [4.78, 5) is 35.0. The third-order valence-corrected chi connectivity index (χ3v) is 3.36. The maximum absolute atomic E-state index is 11.2. The third kappa shape index (κ3) is 2.86. The van der Waals surface area contributed by atoms with Crippen LogP contribution in [-0.4, -0.2) is 33.6 Å². The van der Waals surface area contributed by atoms with E-state index in [4.69, 9.17) is 10.2 Å². The molecule has 1 aromatic heterocycles. The zero-order valence-corrected chi connectivity index (χ0v) is 10.7. The van der Waals surface area contributed by atoms with Crippen molar-refractivity contribution in [1.29, 1.82) is 0 Å². The lowest BCUT2D eigenvalue weighted by atomic mass is 9.94. The van der Waals surface area contributed by atoms with Gasteiger partial charge in [0, 0.05) is 23.1 Å². The molecule has 3 N–H and O–H groups in total. The molecule has 18 heavy (non-hydrogen) atoms. The molecular formula is C11H13NO5S. The molecule has 1 rings (SSSR count). The number of carbonyl (C=O) groups is 3. The van der Waals surface area contributed by atoms with Crippen molar-refractivity contribution in [3.8, 4) is 0 Å². The molecule has 0 saturated carbocycles. The number of carboxylic acids is 2. The lowest BCUT2D eigenvalue weighted by molar-refractivity contribution is -0.161. The largest absolute Gasteiger partial charge is 0.479 e. The van der Waals surface area contributed by atoms with Gasteiger partial charge in [-0.05, 0) is 19.1 Å². The Hall–Kier alpha value is -1.89. The van der Waals surface area contributed by atoms with Crippen LogP contribution in [0.15, 0.2) is 12.1 Å². The van der Waals surface area contributed by atoms with Crippen LogP contribution < -0.4 is 5.32 Å². The van der Waals surface area contributed by atoms with Crippen molar-refractivity contribution in [2.75, 3.05) is 0 Å². The maximum Gasteiger partial charge on any atom is 0.341 e. The summed E-state index contributed by atoms with van der Waals surface area (Å²) in [6, 6.07) is 3.42.